The molecule has 1 aliphatic heterocycles. The number of nitrogens with zero attached hydrogens (tertiary/aromatic N) is 1. The Morgan fingerprint density at radius 1 is 1.14 bits per heavy atom. The highest BCUT2D eigenvalue weighted by Crippen LogP contribution is 2.35. The van der Waals surface area contributed by atoms with Crippen LogP contribution in [-0.4, -0.2) is 5.96 Å². The number of nitrogens with one attached hydrogen (secondary N) is 2. The lowest BCUT2D eigenvalue weighted by atomic mass is 10.1. The number of fused-ring (bicyclic) bond motifs is 2. The lowest BCUT2D eigenvalue weighted by Crippen LogP contribution is -2.35. The summed E-state index contributed by atoms with van der Waals surface area (Å²) in [6, 6.07) is 12.6. The van der Waals surface area contributed by atoms with E-state index in [0.29, 0.717) is 22.6 Å². The minimum atomic E-state index is 0.312. The summed E-state index contributed by atoms with van der Waals surface area (Å²) in [6.07, 6.45) is 2.20. The maximum Gasteiger partial charge on any atom is 0.196 e. The molecule has 2 aromatic carbocycles. The van der Waals surface area contributed by atoms with Gasteiger partial charge in [0.15, 0.2) is 5.96 Å². The van der Waals surface area contributed by atoms with Crippen molar-refractivity contribution in [2.24, 2.45) is 4.99 Å². The van der Waals surface area contributed by atoms with Crippen molar-refractivity contribution in [3.63, 3.8) is 0 Å². The first-order valence-corrected chi connectivity index (χ1v) is 8.10. The molecule has 0 radical (unpaired) electrons. The lowest BCUT2D eigenvalue weighted by Gasteiger charge is -2.23. The molecule has 4 rings (SSSR count). The third-order valence-electron chi connectivity index (χ3n) is 4.29. The van der Waals surface area contributed by atoms with Crippen LogP contribution in [0, 0.1) is 0 Å². The molecule has 0 fully saturated rings. The highest BCUT2D eigenvalue weighted by atomic mass is 35.5. The van der Waals surface area contributed by atoms with Gasteiger partial charge in [-0.3, -0.25) is 0 Å². The second kappa shape index (κ2) is 5.49. The maximum atomic E-state index is 6.23. The largest absolute Gasteiger partial charge is 0.349 e. The fraction of sp³-hybridized carbons (Fsp3) is 0.235. The molecule has 1 heterocycles. The first kappa shape index (κ1) is 13.9. The molecule has 0 saturated heterocycles. The van der Waals surface area contributed by atoms with Gasteiger partial charge in [0, 0.05) is 11.3 Å². The average Bonchev–Trinajstić information content (AvgIpc) is 2.94. The van der Waals surface area contributed by atoms with Crippen molar-refractivity contribution in [2.75, 3.05) is 5.32 Å². The zero-order valence-electron chi connectivity index (χ0n) is 11.9. The van der Waals surface area contributed by atoms with Crippen molar-refractivity contribution in [2.45, 2.75) is 25.4 Å². The lowest BCUT2D eigenvalue weighted by molar-refractivity contribution is 0.636. The number of aryl methyl sites for hydroxylation is 1. The van der Waals surface area contributed by atoms with E-state index >= 15 is 0 Å². The van der Waals surface area contributed by atoms with E-state index in [-0.39, 0.29) is 0 Å². The Morgan fingerprint density at radius 3 is 2.91 bits per heavy atom. The topological polar surface area (TPSA) is 36.4 Å². The molecule has 2 aliphatic rings. The van der Waals surface area contributed by atoms with E-state index in [1.54, 1.807) is 0 Å². The Labute approximate surface area is 139 Å². The number of rotatable bonds is 1. The Morgan fingerprint density at radius 2 is 2.00 bits per heavy atom. The molecule has 5 heteroatoms. The Kier molecular flexibility index (Phi) is 3.47. The van der Waals surface area contributed by atoms with Crippen molar-refractivity contribution in [1.29, 1.82) is 0 Å². The van der Waals surface area contributed by atoms with Crippen LogP contribution in [0.2, 0.25) is 10.0 Å². The van der Waals surface area contributed by atoms with Crippen molar-refractivity contribution >= 4 is 34.8 Å². The van der Waals surface area contributed by atoms with E-state index in [1.165, 1.54) is 11.1 Å². The van der Waals surface area contributed by atoms with Gasteiger partial charge in [-0.1, -0.05) is 47.5 Å². The van der Waals surface area contributed by atoms with Gasteiger partial charge in [0.05, 0.1) is 22.6 Å². The molecule has 0 spiro atoms. The van der Waals surface area contributed by atoms with Gasteiger partial charge in [0.1, 0.15) is 0 Å². The quantitative estimate of drug-likeness (QED) is 0.804. The van der Waals surface area contributed by atoms with Gasteiger partial charge in [0.2, 0.25) is 0 Å². The molecule has 0 amide bonds. The highest BCUT2D eigenvalue weighted by Gasteiger charge is 2.24. The maximum absolute atomic E-state index is 6.23. The first-order valence-electron chi connectivity index (χ1n) is 7.35. The Hall–Kier alpha value is -1.71. The summed E-state index contributed by atoms with van der Waals surface area (Å²) in [4.78, 5) is 4.56. The van der Waals surface area contributed by atoms with E-state index in [4.69, 9.17) is 23.2 Å². The molecule has 2 aromatic rings. The summed E-state index contributed by atoms with van der Waals surface area (Å²) >= 11 is 12.3. The number of halogens is 2. The van der Waals surface area contributed by atoms with Crippen molar-refractivity contribution in [3.05, 3.63) is 63.1 Å². The van der Waals surface area contributed by atoms with Gasteiger partial charge in [-0.05, 0) is 36.1 Å². The minimum absolute atomic E-state index is 0.312. The Bertz CT molecular complexity index is 770. The molecular weight excluding hydrogens is 317 g/mol. The van der Waals surface area contributed by atoms with Gasteiger partial charge in [0.25, 0.3) is 0 Å². The van der Waals surface area contributed by atoms with Gasteiger partial charge in [-0.25, -0.2) is 4.99 Å². The van der Waals surface area contributed by atoms with Crippen LogP contribution in [0.3, 0.4) is 0 Å². The third-order valence-corrected chi connectivity index (χ3v) is 5.13. The molecule has 1 unspecified atom stereocenters. The predicted octanol–water partition coefficient (Wildman–Crippen LogP) is 4.55. The van der Waals surface area contributed by atoms with Gasteiger partial charge in [-0.15, -0.1) is 0 Å². The van der Waals surface area contributed by atoms with E-state index < -0.39 is 0 Å². The van der Waals surface area contributed by atoms with Crippen molar-refractivity contribution < 1.29 is 0 Å². The van der Waals surface area contributed by atoms with Crippen LogP contribution in [0.1, 0.15) is 29.2 Å². The SMILES string of the molecule is Clc1ccc2c(c1Cl)CN=C(NC1CCc3ccccc31)N2. The molecular formula is C17H15Cl2N3. The van der Waals surface area contributed by atoms with E-state index in [2.05, 4.69) is 39.9 Å². The first-order chi connectivity index (χ1) is 10.7. The standard InChI is InChI=1S/C17H15Cl2N3/c18-13-6-8-15-12(16(13)19)9-20-17(22-15)21-14-7-5-10-3-1-2-4-11(10)14/h1-4,6,8,14H,5,7,9H2,(H2,20,21,22). The van der Waals surface area contributed by atoms with Crippen LogP contribution < -0.4 is 10.6 Å². The zero-order chi connectivity index (χ0) is 15.1. The molecule has 3 nitrogen and oxygen atoms in total. The number of benzene rings is 2. The monoisotopic (exact) mass is 331 g/mol. The van der Waals surface area contributed by atoms with Crippen LogP contribution in [-0.2, 0) is 13.0 Å². The predicted molar refractivity (Wildman–Crippen MR) is 91.9 cm³/mol. The van der Waals surface area contributed by atoms with Crippen LogP contribution in [0.4, 0.5) is 5.69 Å². The molecule has 0 aromatic heterocycles. The van der Waals surface area contributed by atoms with E-state index in [0.717, 1.165) is 30.1 Å². The van der Waals surface area contributed by atoms with Crippen molar-refractivity contribution in [1.82, 2.24) is 5.32 Å². The highest BCUT2D eigenvalue weighted by molar-refractivity contribution is 6.42. The fourth-order valence-electron chi connectivity index (χ4n) is 3.14. The number of guanidine groups is 1. The van der Waals surface area contributed by atoms with Crippen LogP contribution in [0.15, 0.2) is 41.4 Å². The average molecular weight is 332 g/mol. The second-order valence-electron chi connectivity index (χ2n) is 5.61. The van der Waals surface area contributed by atoms with Gasteiger partial charge in [-0.2, -0.15) is 0 Å². The minimum Gasteiger partial charge on any atom is -0.349 e. The van der Waals surface area contributed by atoms with Gasteiger partial charge >= 0.3 is 0 Å². The number of hydrogen-bond donors (Lipinski definition) is 2. The number of hydrogen-bond acceptors (Lipinski definition) is 3. The Balaban J connectivity index is 1.55. The zero-order valence-corrected chi connectivity index (χ0v) is 13.4. The third kappa shape index (κ3) is 2.34. The van der Waals surface area contributed by atoms with Crippen LogP contribution >= 0.6 is 23.2 Å². The summed E-state index contributed by atoms with van der Waals surface area (Å²) in [7, 11) is 0. The molecule has 2 N–H and O–H groups in total. The van der Waals surface area contributed by atoms with Crippen LogP contribution in [0.5, 0.6) is 0 Å². The van der Waals surface area contributed by atoms with E-state index in [1.807, 2.05) is 12.1 Å². The van der Waals surface area contributed by atoms with Gasteiger partial charge < -0.3 is 10.6 Å². The number of aliphatic imine (C=N–C) groups is 1. The molecule has 1 aliphatic carbocycles. The second-order valence-corrected chi connectivity index (χ2v) is 6.40. The molecule has 1 atom stereocenters. The summed E-state index contributed by atoms with van der Waals surface area (Å²) in [5.74, 6) is 0.799. The molecule has 0 bridgehead atoms. The summed E-state index contributed by atoms with van der Waals surface area (Å²) in [6.45, 7) is 0.540. The van der Waals surface area contributed by atoms with Crippen molar-refractivity contribution in [3.8, 4) is 0 Å². The smallest absolute Gasteiger partial charge is 0.196 e. The molecule has 0 saturated carbocycles. The van der Waals surface area contributed by atoms with Crippen LogP contribution in [0.25, 0.3) is 0 Å². The summed E-state index contributed by atoms with van der Waals surface area (Å²) in [5, 5.41) is 7.98. The molecule has 22 heavy (non-hydrogen) atoms. The normalized spacial score (nSPS) is 19.0. The summed E-state index contributed by atoms with van der Waals surface area (Å²) < 4.78 is 0. The molecule has 112 valence electrons. The van der Waals surface area contributed by atoms with E-state index in [9.17, 15) is 0 Å². The fourth-order valence-corrected chi connectivity index (χ4v) is 3.54. The number of anilines is 1. The summed E-state index contributed by atoms with van der Waals surface area (Å²) in [5.41, 5.74) is 4.71.